The Morgan fingerprint density at radius 1 is 1.46 bits per heavy atom. The molecular formula is C16H17ClN4O2S. The van der Waals surface area contributed by atoms with E-state index in [2.05, 4.69) is 22.4 Å². The number of aryl methyl sites for hydroxylation is 1. The van der Waals surface area contributed by atoms with Crippen molar-refractivity contribution in [3.63, 3.8) is 0 Å². The average Bonchev–Trinajstić information content (AvgIpc) is 3.14. The van der Waals surface area contributed by atoms with Crippen molar-refractivity contribution >= 4 is 45.6 Å². The number of carbonyl (C=O) groups excluding carboxylic acids is 2. The maximum Gasteiger partial charge on any atom is 0.231 e. The minimum atomic E-state index is -0.407. The van der Waals surface area contributed by atoms with Crippen LogP contribution in [0.1, 0.15) is 24.8 Å². The molecule has 0 saturated carbocycles. The van der Waals surface area contributed by atoms with Gasteiger partial charge in [0.2, 0.25) is 16.9 Å². The summed E-state index contributed by atoms with van der Waals surface area (Å²) in [6, 6.07) is 7.07. The molecule has 0 aliphatic carbocycles. The van der Waals surface area contributed by atoms with Crippen molar-refractivity contribution in [2.75, 3.05) is 16.8 Å². The van der Waals surface area contributed by atoms with Crippen molar-refractivity contribution < 1.29 is 9.59 Å². The number of benzene rings is 1. The molecule has 1 N–H and O–H groups in total. The van der Waals surface area contributed by atoms with Crippen LogP contribution in [0.25, 0.3) is 0 Å². The zero-order valence-electron chi connectivity index (χ0n) is 13.2. The third kappa shape index (κ3) is 3.73. The summed E-state index contributed by atoms with van der Waals surface area (Å²) in [5.41, 5.74) is 0.712. The van der Waals surface area contributed by atoms with Crippen molar-refractivity contribution in [2.24, 2.45) is 5.92 Å². The van der Waals surface area contributed by atoms with Gasteiger partial charge in [-0.2, -0.15) is 0 Å². The summed E-state index contributed by atoms with van der Waals surface area (Å²) in [7, 11) is 0. The Hall–Kier alpha value is -1.99. The Bertz CT molecular complexity index is 764. The second kappa shape index (κ2) is 7.27. The third-order valence-electron chi connectivity index (χ3n) is 3.78. The van der Waals surface area contributed by atoms with Crippen LogP contribution in [0.15, 0.2) is 24.3 Å². The Morgan fingerprint density at radius 3 is 3.04 bits per heavy atom. The zero-order chi connectivity index (χ0) is 17.1. The van der Waals surface area contributed by atoms with Gasteiger partial charge in [0.15, 0.2) is 0 Å². The van der Waals surface area contributed by atoms with Crippen molar-refractivity contribution in [1.29, 1.82) is 0 Å². The highest BCUT2D eigenvalue weighted by atomic mass is 35.5. The number of hydrogen-bond donors (Lipinski definition) is 1. The van der Waals surface area contributed by atoms with E-state index in [1.807, 2.05) is 6.07 Å². The Kier molecular flexibility index (Phi) is 5.11. The molecule has 0 spiro atoms. The third-order valence-corrected chi connectivity index (χ3v) is 4.91. The predicted molar refractivity (Wildman–Crippen MR) is 94.4 cm³/mol. The quantitative estimate of drug-likeness (QED) is 0.884. The fourth-order valence-electron chi connectivity index (χ4n) is 2.60. The van der Waals surface area contributed by atoms with Gasteiger partial charge in [-0.3, -0.25) is 9.59 Å². The smallest absolute Gasteiger partial charge is 0.231 e. The first-order valence-electron chi connectivity index (χ1n) is 7.76. The minimum absolute atomic E-state index is 0.0821. The largest absolute Gasteiger partial charge is 0.312 e. The molecule has 0 radical (unpaired) electrons. The highest BCUT2D eigenvalue weighted by molar-refractivity contribution is 7.15. The van der Waals surface area contributed by atoms with Crippen molar-refractivity contribution in [3.05, 3.63) is 34.3 Å². The number of anilines is 2. The lowest BCUT2D eigenvalue weighted by molar-refractivity contribution is -0.122. The van der Waals surface area contributed by atoms with Gasteiger partial charge in [0.05, 0.1) is 5.92 Å². The predicted octanol–water partition coefficient (Wildman–Crippen LogP) is 3.14. The van der Waals surface area contributed by atoms with Crippen LogP contribution < -0.4 is 10.2 Å². The van der Waals surface area contributed by atoms with E-state index in [1.165, 1.54) is 11.3 Å². The average molecular weight is 365 g/mol. The molecule has 1 atom stereocenters. The highest BCUT2D eigenvalue weighted by Crippen LogP contribution is 2.28. The normalized spacial score (nSPS) is 17.3. The van der Waals surface area contributed by atoms with Gasteiger partial charge >= 0.3 is 0 Å². The first kappa shape index (κ1) is 16.9. The molecule has 126 valence electrons. The fourth-order valence-corrected chi connectivity index (χ4v) is 3.63. The van der Waals surface area contributed by atoms with E-state index in [0.29, 0.717) is 22.4 Å². The van der Waals surface area contributed by atoms with Gasteiger partial charge in [0.25, 0.3) is 0 Å². The molecule has 6 nitrogen and oxygen atoms in total. The summed E-state index contributed by atoms with van der Waals surface area (Å²) in [5.74, 6) is -0.691. The first-order chi connectivity index (χ1) is 11.6. The summed E-state index contributed by atoms with van der Waals surface area (Å²) >= 11 is 7.35. The summed E-state index contributed by atoms with van der Waals surface area (Å²) in [5, 5.41) is 12.7. The molecule has 1 aliphatic rings. The molecule has 24 heavy (non-hydrogen) atoms. The van der Waals surface area contributed by atoms with Gasteiger partial charge in [-0.25, -0.2) is 0 Å². The van der Waals surface area contributed by atoms with Gasteiger partial charge in [-0.15, -0.1) is 10.2 Å². The number of halogens is 1. The van der Waals surface area contributed by atoms with Crippen molar-refractivity contribution in [2.45, 2.75) is 26.2 Å². The van der Waals surface area contributed by atoms with E-state index in [9.17, 15) is 9.59 Å². The fraction of sp³-hybridized carbons (Fsp3) is 0.375. The summed E-state index contributed by atoms with van der Waals surface area (Å²) in [4.78, 5) is 26.2. The zero-order valence-corrected chi connectivity index (χ0v) is 14.7. The standard InChI is InChI=1S/C16H17ClN4O2S/c1-2-4-13-19-20-16(24-13)18-15(23)10-7-14(22)21(9-10)12-6-3-5-11(17)8-12/h3,5-6,8,10H,2,4,7,9H2,1H3,(H,18,20,23)/t10-/m0/s1. The number of rotatable bonds is 5. The van der Waals surface area contributed by atoms with Crippen LogP contribution in [-0.4, -0.2) is 28.6 Å². The Balaban J connectivity index is 1.65. The molecule has 2 heterocycles. The van der Waals surface area contributed by atoms with E-state index >= 15 is 0 Å². The lowest BCUT2D eigenvalue weighted by Crippen LogP contribution is -2.28. The van der Waals surface area contributed by atoms with E-state index < -0.39 is 5.92 Å². The number of nitrogens with one attached hydrogen (secondary N) is 1. The molecule has 3 rings (SSSR count). The van der Waals surface area contributed by atoms with Gasteiger partial charge in [-0.1, -0.05) is 35.9 Å². The molecule has 2 amide bonds. The maximum atomic E-state index is 12.4. The van der Waals surface area contributed by atoms with Crippen molar-refractivity contribution in [1.82, 2.24) is 10.2 Å². The molecule has 0 bridgehead atoms. The molecule has 1 aromatic heterocycles. The number of aromatic nitrogens is 2. The lowest BCUT2D eigenvalue weighted by Gasteiger charge is -2.16. The van der Waals surface area contributed by atoms with Crippen LogP contribution in [0.4, 0.5) is 10.8 Å². The summed E-state index contributed by atoms with van der Waals surface area (Å²) in [6.45, 7) is 2.40. The van der Waals surface area contributed by atoms with Crippen LogP contribution in [0, 0.1) is 5.92 Å². The van der Waals surface area contributed by atoms with Gasteiger partial charge in [0.1, 0.15) is 5.01 Å². The maximum absolute atomic E-state index is 12.4. The molecule has 1 fully saturated rings. The van der Waals surface area contributed by atoms with E-state index in [1.54, 1.807) is 23.1 Å². The van der Waals surface area contributed by atoms with Crippen LogP contribution >= 0.6 is 22.9 Å². The van der Waals surface area contributed by atoms with Crippen LogP contribution in [0.5, 0.6) is 0 Å². The van der Waals surface area contributed by atoms with Gasteiger partial charge in [-0.05, 0) is 24.6 Å². The number of carbonyl (C=O) groups is 2. The number of hydrogen-bond acceptors (Lipinski definition) is 5. The van der Waals surface area contributed by atoms with Crippen molar-refractivity contribution in [3.8, 4) is 0 Å². The molecule has 1 saturated heterocycles. The van der Waals surface area contributed by atoms with E-state index in [-0.39, 0.29) is 18.2 Å². The van der Waals surface area contributed by atoms with E-state index in [0.717, 1.165) is 17.8 Å². The van der Waals surface area contributed by atoms with Crippen LogP contribution in [-0.2, 0) is 16.0 Å². The highest BCUT2D eigenvalue weighted by Gasteiger charge is 2.35. The van der Waals surface area contributed by atoms with Gasteiger partial charge < -0.3 is 10.2 Å². The SMILES string of the molecule is CCCc1nnc(NC(=O)[C@H]2CC(=O)N(c3cccc(Cl)c3)C2)s1. The number of amides is 2. The first-order valence-corrected chi connectivity index (χ1v) is 8.95. The molecule has 1 aliphatic heterocycles. The lowest BCUT2D eigenvalue weighted by atomic mass is 10.1. The topological polar surface area (TPSA) is 75.2 Å². The Labute approximate surface area is 148 Å². The Morgan fingerprint density at radius 2 is 2.29 bits per heavy atom. The van der Waals surface area contributed by atoms with Crippen LogP contribution in [0.2, 0.25) is 5.02 Å². The molecule has 2 aromatic rings. The minimum Gasteiger partial charge on any atom is -0.312 e. The molecule has 8 heteroatoms. The second-order valence-electron chi connectivity index (χ2n) is 5.63. The van der Waals surface area contributed by atoms with E-state index in [4.69, 9.17) is 11.6 Å². The van der Waals surface area contributed by atoms with Gasteiger partial charge in [0, 0.05) is 30.1 Å². The van der Waals surface area contributed by atoms with Crippen LogP contribution in [0.3, 0.4) is 0 Å². The molecular weight excluding hydrogens is 348 g/mol. The monoisotopic (exact) mass is 364 g/mol. The molecule has 0 unspecified atom stereocenters. The summed E-state index contributed by atoms with van der Waals surface area (Å²) in [6.07, 6.45) is 2.01. The summed E-state index contributed by atoms with van der Waals surface area (Å²) < 4.78 is 0. The second-order valence-corrected chi connectivity index (χ2v) is 7.12. The molecule has 1 aromatic carbocycles. The number of nitrogens with zero attached hydrogens (tertiary/aromatic N) is 3.